The Kier molecular flexibility index (Phi) is 4.83. The predicted octanol–water partition coefficient (Wildman–Crippen LogP) is 4.96. The van der Waals surface area contributed by atoms with Crippen LogP contribution in [0, 0.1) is 0 Å². The molecule has 7 heteroatoms. The highest BCUT2D eigenvalue weighted by Crippen LogP contribution is 2.28. The second-order valence-electron chi connectivity index (χ2n) is 4.96. The normalized spacial score (nSPS) is 12.0. The molecule has 0 N–H and O–H groups in total. The van der Waals surface area contributed by atoms with Crippen molar-refractivity contribution < 1.29 is 13.9 Å². The lowest BCUT2D eigenvalue weighted by molar-refractivity contribution is 0.0280. The van der Waals surface area contributed by atoms with E-state index in [0.29, 0.717) is 5.89 Å². The van der Waals surface area contributed by atoms with Gasteiger partial charge in [-0.25, -0.2) is 4.79 Å². The highest BCUT2D eigenvalue weighted by Gasteiger charge is 2.22. The molecule has 0 bridgehead atoms. The Hall–Kier alpha value is -2.37. The molecule has 24 heavy (non-hydrogen) atoms. The molecule has 5 nitrogen and oxygen atoms in total. The van der Waals surface area contributed by atoms with Gasteiger partial charge in [0.05, 0.1) is 15.6 Å². The fourth-order valence-corrected chi connectivity index (χ4v) is 2.41. The molecule has 3 aromatic rings. The van der Waals surface area contributed by atoms with Crippen LogP contribution in [0.1, 0.15) is 29.3 Å². The van der Waals surface area contributed by atoms with Crippen LogP contribution in [0.25, 0.3) is 11.5 Å². The summed E-state index contributed by atoms with van der Waals surface area (Å²) >= 11 is 11.9. The Labute approximate surface area is 148 Å². The summed E-state index contributed by atoms with van der Waals surface area (Å²) in [6.45, 7) is 1.64. The first kappa shape index (κ1) is 16.5. The summed E-state index contributed by atoms with van der Waals surface area (Å²) in [5.41, 5.74) is 0.964. The first-order valence-corrected chi connectivity index (χ1v) is 7.85. The lowest BCUT2D eigenvalue weighted by Gasteiger charge is -2.10. The van der Waals surface area contributed by atoms with Crippen molar-refractivity contribution in [2.24, 2.45) is 0 Å². The molecule has 122 valence electrons. The summed E-state index contributed by atoms with van der Waals surface area (Å²) in [5, 5.41) is 8.32. The number of hydrogen-bond donors (Lipinski definition) is 0. The van der Waals surface area contributed by atoms with Gasteiger partial charge in [-0.15, -0.1) is 10.2 Å². The molecule has 1 aromatic heterocycles. The Morgan fingerprint density at radius 2 is 1.83 bits per heavy atom. The van der Waals surface area contributed by atoms with Gasteiger partial charge in [0.25, 0.3) is 5.89 Å². The maximum Gasteiger partial charge on any atom is 0.340 e. The van der Waals surface area contributed by atoms with Crippen molar-refractivity contribution in [1.29, 1.82) is 0 Å². The van der Waals surface area contributed by atoms with E-state index in [2.05, 4.69) is 10.2 Å². The molecular formula is C17H12Cl2N2O3. The quantitative estimate of drug-likeness (QED) is 0.613. The van der Waals surface area contributed by atoms with Crippen LogP contribution < -0.4 is 0 Å². The molecule has 1 atom stereocenters. The van der Waals surface area contributed by atoms with Crippen molar-refractivity contribution in [3.8, 4) is 11.5 Å². The highest BCUT2D eigenvalue weighted by molar-refractivity contribution is 6.43. The van der Waals surface area contributed by atoms with E-state index < -0.39 is 12.1 Å². The summed E-state index contributed by atoms with van der Waals surface area (Å²) in [7, 11) is 0. The van der Waals surface area contributed by atoms with Gasteiger partial charge >= 0.3 is 5.97 Å². The van der Waals surface area contributed by atoms with E-state index >= 15 is 0 Å². The molecule has 0 saturated heterocycles. The number of carbonyl (C=O) groups is 1. The van der Waals surface area contributed by atoms with Crippen LogP contribution in [0.3, 0.4) is 0 Å². The van der Waals surface area contributed by atoms with Crippen molar-refractivity contribution in [3.05, 3.63) is 70.0 Å². The average Bonchev–Trinajstić information content (AvgIpc) is 3.08. The molecule has 0 aliphatic heterocycles. The van der Waals surface area contributed by atoms with Gasteiger partial charge in [0, 0.05) is 5.56 Å². The third kappa shape index (κ3) is 3.42. The van der Waals surface area contributed by atoms with Crippen molar-refractivity contribution in [1.82, 2.24) is 10.2 Å². The summed E-state index contributed by atoms with van der Waals surface area (Å²) in [5.74, 6) is -0.0656. The largest absolute Gasteiger partial charge is 0.449 e. The zero-order valence-corrected chi connectivity index (χ0v) is 14.1. The topological polar surface area (TPSA) is 65.2 Å². The molecule has 1 heterocycles. The van der Waals surface area contributed by atoms with Crippen molar-refractivity contribution in [2.45, 2.75) is 13.0 Å². The van der Waals surface area contributed by atoms with Crippen molar-refractivity contribution in [2.75, 3.05) is 0 Å². The van der Waals surface area contributed by atoms with Crippen LogP contribution in [-0.4, -0.2) is 16.2 Å². The molecule has 0 amide bonds. The van der Waals surface area contributed by atoms with E-state index in [1.54, 1.807) is 19.1 Å². The summed E-state index contributed by atoms with van der Waals surface area (Å²) in [6.07, 6.45) is -0.725. The van der Waals surface area contributed by atoms with Crippen LogP contribution >= 0.6 is 23.2 Å². The number of rotatable bonds is 4. The Balaban J connectivity index is 1.76. The fourth-order valence-electron chi connectivity index (χ4n) is 2.03. The van der Waals surface area contributed by atoms with E-state index in [1.807, 2.05) is 30.3 Å². The molecule has 0 spiro atoms. The van der Waals surface area contributed by atoms with Crippen LogP contribution in [-0.2, 0) is 4.74 Å². The zero-order chi connectivity index (χ0) is 17.1. The minimum Gasteiger partial charge on any atom is -0.449 e. The van der Waals surface area contributed by atoms with Crippen LogP contribution in [0.15, 0.2) is 52.9 Å². The second-order valence-corrected chi connectivity index (χ2v) is 5.75. The maximum atomic E-state index is 12.2. The number of hydrogen-bond acceptors (Lipinski definition) is 5. The van der Waals surface area contributed by atoms with Gasteiger partial charge in [-0.05, 0) is 31.2 Å². The third-order valence-electron chi connectivity index (χ3n) is 3.26. The third-order valence-corrected chi connectivity index (χ3v) is 4.08. The van der Waals surface area contributed by atoms with Gasteiger partial charge in [-0.1, -0.05) is 47.5 Å². The van der Waals surface area contributed by atoms with Gasteiger partial charge in [-0.2, -0.15) is 0 Å². The summed E-state index contributed by atoms with van der Waals surface area (Å²) < 4.78 is 10.9. The number of halogens is 2. The van der Waals surface area contributed by atoms with Crippen molar-refractivity contribution in [3.63, 3.8) is 0 Å². The smallest absolute Gasteiger partial charge is 0.340 e. The Morgan fingerprint density at radius 1 is 1.08 bits per heavy atom. The highest BCUT2D eigenvalue weighted by atomic mass is 35.5. The average molecular weight is 363 g/mol. The SMILES string of the molecule is C[C@H](OC(=O)c1cccc(Cl)c1Cl)c1nnc(-c2ccccc2)o1. The zero-order valence-electron chi connectivity index (χ0n) is 12.6. The number of carbonyl (C=O) groups excluding carboxylic acids is 1. The minimum atomic E-state index is -0.725. The van der Waals surface area contributed by atoms with Crippen LogP contribution in [0.2, 0.25) is 10.0 Å². The monoisotopic (exact) mass is 362 g/mol. The molecule has 0 aliphatic rings. The lowest BCUT2D eigenvalue weighted by atomic mass is 10.2. The number of aromatic nitrogens is 2. The number of esters is 1. The molecule has 0 fully saturated rings. The van der Waals surface area contributed by atoms with Gasteiger partial charge in [0.2, 0.25) is 5.89 Å². The van der Waals surface area contributed by atoms with E-state index in [0.717, 1.165) is 5.56 Å². The molecule has 2 aromatic carbocycles. The van der Waals surface area contributed by atoms with E-state index in [1.165, 1.54) is 6.07 Å². The molecular weight excluding hydrogens is 351 g/mol. The molecule has 0 unspecified atom stereocenters. The number of benzene rings is 2. The minimum absolute atomic E-state index is 0.145. The predicted molar refractivity (Wildman–Crippen MR) is 90.0 cm³/mol. The molecule has 0 radical (unpaired) electrons. The first-order valence-electron chi connectivity index (χ1n) is 7.10. The van der Waals surface area contributed by atoms with Gasteiger partial charge in [0.1, 0.15) is 0 Å². The standard InChI is InChI=1S/C17H12Cl2N2O3/c1-10(23-17(22)12-8-5-9-13(18)14(12)19)15-20-21-16(24-15)11-6-3-2-4-7-11/h2-10H,1H3/t10-/m0/s1. The second kappa shape index (κ2) is 7.03. The molecule has 0 saturated carbocycles. The van der Waals surface area contributed by atoms with E-state index in [4.69, 9.17) is 32.4 Å². The van der Waals surface area contributed by atoms with Crippen LogP contribution in [0.5, 0.6) is 0 Å². The van der Waals surface area contributed by atoms with Crippen molar-refractivity contribution >= 4 is 29.2 Å². The van der Waals surface area contributed by atoms with Gasteiger partial charge in [0.15, 0.2) is 6.10 Å². The Morgan fingerprint density at radius 3 is 2.58 bits per heavy atom. The Bertz CT molecular complexity index is 865. The number of ether oxygens (including phenoxy) is 1. The number of nitrogens with zero attached hydrogens (tertiary/aromatic N) is 2. The van der Waals surface area contributed by atoms with Crippen LogP contribution in [0.4, 0.5) is 0 Å². The van der Waals surface area contributed by atoms with Gasteiger partial charge in [-0.3, -0.25) is 0 Å². The summed E-state index contributed by atoms with van der Waals surface area (Å²) in [6, 6.07) is 14.1. The first-order chi connectivity index (χ1) is 11.6. The summed E-state index contributed by atoms with van der Waals surface area (Å²) in [4.78, 5) is 12.2. The van der Waals surface area contributed by atoms with E-state index in [9.17, 15) is 4.79 Å². The lowest BCUT2D eigenvalue weighted by Crippen LogP contribution is -2.10. The maximum absolute atomic E-state index is 12.2. The molecule has 3 rings (SSSR count). The fraction of sp³-hybridized carbons (Fsp3) is 0.118. The van der Waals surface area contributed by atoms with E-state index in [-0.39, 0.29) is 21.5 Å². The molecule has 0 aliphatic carbocycles. The van der Waals surface area contributed by atoms with Gasteiger partial charge < -0.3 is 9.15 Å².